The van der Waals surface area contributed by atoms with Crippen LogP contribution in [0, 0.1) is 0 Å². The highest BCUT2D eigenvalue weighted by Crippen LogP contribution is 2.33. The topological polar surface area (TPSA) is 55.8 Å². The molecule has 0 saturated carbocycles. The summed E-state index contributed by atoms with van der Waals surface area (Å²) in [5.74, 6) is 0.268. The number of hydrogen-bond donors (Lipinski definition) is 2. The van der Waals surface area contributed by atoms with Crippen LogP contribution in [0.25, 0.3) is 0 Å². The van der Waals surface area contributed by atoms with E-state index in [0.29, 0.717) is 19.1 Å². The van der Waals surface area contributed by atoms with Gasteiger partial charge in [0, 0.05) is 50.7 Å². The van der Waals surface area contributed by atoms with Crippen molar-refractivity contribution < 1.29 is 9.90 Å². The molecule has 2 aliphatic heterocycles. The summed E-state index contributed by atoms with van der Waals surface area (Å²) in [6.45, 7) is 3.71. The molecule has 5 heteroatoms. The maximum atomic E-state index is 11.4. The standard InChI is InChI=1S/C21H25N3O2/c25-21(26)23-11-12-24-18(15-23)13-22-14-19(24)20(16-7-3-1-4-8-16)17-9-5-2-6-10-17/h1-10,18-20,22H,11-15H2,(H,25,26)/t18-,19+/m1/s1. The molecule has 0 aliphatic carbocycles. The Morgan fingerprint density at radius 2 is 1.58 bits per heavy atom. The van der Waals surface area contributed by atoms with Gasteiger partial charge in [-0.1, -0.05) is 60.7 Å². The summed E-state index contributed by atoms with van der Waals surface area (Å²) in [4.78, 5) is 15.4. The Morgan fingerprint density at radius 1 is 0.962 bits per heavy atom. The molecule has 2 saturated heterocycles. The largest absolute Gasteiger partial charge is 0.465 e. The van der Waals surface area contributed by atoms with Crippen molar-refractivity contribution >= 4 is 6.09 Å². The summed E-state index contributed by atoms with van der Waals surface area (Å²) >= 11 is 0. The number of rotatable bonds is 3. The van der Waals surface area contributed by atoms with Gasteiger partial charge < -0.3 is 15.3 Å². The minimum atomic E-state index is -0.811. The molecule has 0 spiro atoms. The smallest absolute Gasteiger partial charge is 0.407 e. The zero-order chi connectivity index (χ0) is 17.9. The van der Waals surface area contributed by atoms with Crippen LogP contribution in [0.2, 0.25) is 0 Å². The number of benzene rings is 2. The van der Waals surface area contributed by atoms with Gasteiger partial charge in [-0.3, -0.25) is 4.90 Å². The van der Waals surface area contributed by atoms with Gasteiger partial charge in [-0.05, 0) is 11.1 Å². The minimum Gasteiger partial charge on any atom is -0.465 e. The molecule has 2 aliphatic rings. The second kappa shape index (κ2) is 7.48. The van der Waals surface area contributed by atoms with Crippen molar-refractivity contribution in [2.24, 2.45) is 0 Å². The molecule has 1 amide bonds. The third-order valence-corrected chi connectivity index (χ3v) is 5.66. The minimum absolute atomic E-state index is 0.230. The average Bonchev–Trinajstić information content (AvgIpc) is 2.69. The van der Waals surface area contributed by atoms with Crippen LogP contribution in [-0.2, 0) is 0 Å². The van der Waals surface area contributed by atoms with Crippen LogP contribution in [0.3, 0.4) is 0 Å². The Balaban J connectivity index is 1.66. The van der Waals surface area contributed by atoms with E-state index >= 15 is 0 Å². The monoisotopic (exact) mass is 351 g/mol. The van der Waals surface area contributed by atoms with Crippen molar-refractivity contribution in [2.75, 3.05) is 32.7 Å². The van der Waals surface area contributed by atoms with E-state index in [0.717, 1.165) is 19.6 Å². The van der Waals surface area contributed by atoms with Gasteiger partial charge in [-0.2, -0.15) is 0 Å². The summed E-state index contributed by atoms with van der Waals surface area (Å²) in [6.07, 6.45) is -0.811. The lowest BCUT2D eigenvalue weighted by atomic mass is 9.82. The fourth-order valence-electron chi connectivity index (χ4n) is 4.44. The third kappa shape index (κ3) is 3.32. The number of nitrogens with one attached hydrogen (secondary N) is 1. The molecule has 2 aromatic carbocycles. The molecule has 5 nitrogen and oxygen atoms in total. The van der Waals surface area contributed by atoms with E-state index in [1.165, 1.54) is 11.1 Å². The van der Waals surface area contributed by atoms with Crippen LogP contribution in [-0.4, -0.2) is 65.8 Å². The lowest BCUT2D eigenvalue weighted by molar-refractivity contribution is 0.0179. The highest BCUT2D eigenvalue weighted by atomic mass is 16.4. The number of carboxylic acid groups (broad SMARTS) is 1. The van der Waals surface area contributed by atoms with Gasteiger partial charge in [0.25, 0.3) is 0 Å². The Kier molecular flexibility index (Phi) is 4.91. The van der Waals surface area contributed by atoms with Gasteiger partial charge >= 0.3 is 6.09 Å². The maximum absolute atomic E-state index is 11.4. The van der Waals surface area contributed by atoms with E-state index in [-0.39, 0.29) is 12.0 Å². The third-order valence-electron chi connectivity index (χ3n) is 5.66. The van der Waals surface area contributed by atoms with Crippen molar-refractivity contribution in [1.29, 1.82) is 0 Å². The summed E-state index contributed by atoms with van der Waals surface area (Å²) in [7, 11) is 0. The van der Waals surface area contributed by atoms with E-state index in [9.17, 15) is 9.90 Å². The van der Waals surface area contributed by atoms with Crippen molar-refractivity contribution in [3.05, 3.63) is 71.8 Å². The molecule has 0 aromatic heterocycles. The molecule has 2 aromatic rings. The molecule has 26 heavy (non-hydrogen) atoms. The quantitative estimate of drug-likeness (QED) is 0.892. The summed E-state index contributed by atoms with van der Waals surface area (Å²) in [5.41, 5.74) is 2.62. The van der Waals surface area contributed by atoms with Crippen LogP contribution in [0.15, 0.2) is 60.7 Å². The average molecular weight is 351 g/mol. The molecular formula is C21H25N3O2. The van der Waals surface area contributed by atoms with E-state index in [1.54, 1.807) is 4.90 Å². The van der Waals surface area contributed by atoms with Gasteiger partial charge in [-0.25, -0.2) is 4.79 Å². The summed E-state index contributed by atoms with van der Waals surface area (Å²) in [5, 5.41) is 12.9. The molecule has 0 bridgehead atoms. The normalized spacial score (nSPS) is 23.7. The highest BCUT2D eigenvalue weighted by Gasteiger charge is 2.40. The first-order valence-electron chi connectivity index (χ1n) is 9.28. The first-order chi connectivity index (χ1) is 12.7. The van der Waals surface area contributed by atoms with Gasteiger partial charge in [-0.15, -0.1) is 0 Å². The zero-order valence-electron chi connectivity index (χ0n) is 14.8. The maximum Gasteiger partial charge on any atom is 0.407 e. The van der Waals surface area contributed by atoms with Crippen molar-refractivity contribution in [3.63, 3.8) is 0 Å². The van der Waals surface area contributed by atoms with Crippen LogP contribution < -0.4 is 5.32 Å². The number of piperazine rings is 2. The van der Waals surface area contributed by atoms with Crippen LogP contribution in [0.5, 0.6) is 0 Å². The van der Waals surface area contributed by atoms with Crippen LogP contribution >= 0.6 is 0 Å². The van der Waals surface area contributed by atoms with E-state index in [4.69, 9.17) is 0 Å². The first-order valence-corrected chi connectivity index (χ1v) is 9.28. The molecule has 0 radical (unpaired) electrons. The zero-order valence-corrected chi connectivity index (χ0v) is 14.8. The molecular weight excluding hydrogens is 326 g/mol. The predicted octanol–water partition coefficient (Wildman–Crippen LogP) is 2.45. The molecule has 136 valence electrons. The van der Waals surface area contributed by atoms with Crippen molar-refractivity contribution in [1.82, 2.24) is 15.1 Å². The lowest BCUT2D eigenvalue weighted by Gasteiger charge is -2.50. The van der Waals surface area contributed by atoms with Gasteiger partial charge in [0.1, 0.15) is 0 Å². The number of amides is 1. The summed E-state index contributed by atoms with van der Waals surface area (Å²) in [6, 6.07) is 21.9. The number of fused-ring (bicyclic) bond motifs is 1. The van der Waals surface area contributed by atoms with Crippen LogP contribution in [0.1, 0.15) is 17.0 Å². The second-order valence-corrected chi connectivity index (χ2v) is 7.14. The van der Waals surface area contributed by atoms with Crippen molar-refractivity contribution in [3.8, 4) is 0 Å². The SMILES string of the molecule is O=C(O)N1CCN2[C@H](CNC[C@H]2C(c2ccccc2)c2ccccc2)C1. The van der Waals surface area contributed by atoms with Gasteiger partial charge in [0.15, 0.2) is 0 Å². The second-order valence-electron chi connectivity index (χ2n) is 7.14. The van der Waals surface area contributed by atoms with Crippen LogP contribution in [0.4, 0.5) is 4.79 Å². The molecule has 2 fully saturated rings. The fraction of sp³-hybridized carbons (Fsp3) is 0.381. The van der Waals surface area contributed by atoms with Gasteiger partial charge in [0.05, 0.1) is 0 Å². The predicted molar refractivity (Wildman–Crippen MR) is 101 cm³/mol. The molecule has 0 unspecified atom stereocenters. The Hall–Kier alpha value is -2.37. The molecule has 2 N–H and O–H groups in total. The first kappa shape index (κ1) is 17.1. The Bertz CT molecular complexity index is 698. The number of hydrogen-bond acceptors (Lipinski definition) is 3. The Labute approximate surface area is 154 Å². The molecule has 4 rings (SSSR count). The van der Waals surface area contributed by atoms with E-state index in [2.05, 4.69) is 70.9 Å². The highest BCUT2D eigenvalue weighted by molar-refractivity contribution is 5.65. The number of carbonyl (C=O) groups is 1. The number of nitrogens with zero attached hydrogens (tertiary/aromatic N) is 2. The molecule has 2 atom stereocenters. The van der Waals surface area contributed by atoms with Crippen molar-refractivity contribution in [2.45, 2.75) is 18.0 Å². The molecule has 2 heterocycles. The fourth-order valence-corrected chi connectivity index (χ4v) is 4.44. The Morgan fingerprint density at radius 3 is 2.15 bits per heavy atom. The summed E-state index contributed by atoms with van der Waals surface area (Å²) < 4.78 is 0. The lowest BCUT2D eigenvalue weighted by Crippen LogP contribution is -2.66. The van der Waals surface area contributed by atoms with E-state index in [1.807, 2.05) is 0 Å². The van der Waals surface area contributed by atoms with E-state index < -0.39 is 6.09 Å². The van der Waals surface area contributed by atoms with Gasteiger partial charge in [0.2, 0.25) is 0 Å².